The molecule has 0 aliphatic heterocycles. The maximum Gasteiger partial charge on any atom is 0.261 e. The molecule has 1 aliphatic rings. The van der Waals surface area contributed by atoms with Crippen molar-refractivity contribution in [2.45, 2.75) is 54.4 Å². The molecule has 1 aliphatic carbocycles. The van der Waals surface area contributed by atoms with Gasteiger partial charge in [-0.3, -0.25) is 4.72 Å². The Balaban J connectivity index is 1.51. The second-order valence-electron chi connectivity index (χ2n) is 8.88. The first kappa shape index (κ1) is 24.6. The number of benzene rings is 3. The molecule has 2 N–H and O–H groups in total. The second kappa shape index (κ2) is 11.8. The third-order valence-corrected chi connectivity index (χ3v) is 8.52. The van der Waals surface area contributed by atoms with E-state index in [1.54, 1.807) is 24.3 Å². The van der Waals surface area contributed by atoms with E-state index in [2.05, 4.69) is 27.5 Å². The van der Waals surface area contributed by atoms with Crippen molar-refractivity contribution in [2.75, 3.05) is 23.0 Å². The van der Waals surface area contributed by atoms with Gasteiger partial charge < -0.3 is 9.62 Å². The van der Waals surface area contributed by atoms with E-state index in [-0.39, 0.29) is 4.90 Å². The van der Waals surface area contributed by atoms with Crippen molar-refractivity contribution in [1.82, 2.24) is 4.90 Å². The summed E-state index contributed by atoms with van der Waals surface area (Å²) in [5.74, 6) is 0. The van der Waals surface area contributed by atoms with Crippen LogP contribution >= 0.6 is 11.9 Å². The van der Waals surface area contributed by atoms with Crippen molar-refractivity contribution in [3.8, 4) is 0 Å². The van der Waals surface area contributed by atoms with E-state index < -0.39 is 10.0 Å². The first-order valence-corrected chi connectivity index (χ1v) is 14.2. The number of hydrogen-bond acceptors (Lipinski definition) is 5. The molecule has 1 fully saturated rings. The molecule has 5 nitrogen and oxygen atoms in total. The molecule has 0 atom stereocenters. The van der Waals surface area contributed by atoms with Crippen molar-refractivity contribution in [1.29, 1.82) is 0 Å². The monoisotopic (exact) mass is 495 g/mol. The van der Waals surface area contributed by atoms with Gasteiger partial charge in [0.05, 0.1) is 10.6 Å². The van der Waals surface area contributed by atoms with Gasteiger partial charge in [-0.05, 0) is 86.3 Å². The van der Waals surface area contributed by atoms with Gasteiger partial charge in [0.1, 0.15) is 0 Å². The Bertz CT molecular complexity index is 1150. The summed E-state index contributed by atoms with van der Waals surface area (Å²) < 4.78 is 32.0. The lowest BCUT2D eigenvalue weighted by molar-refractivity contribution is 0.194. The number of anilines is 2. The lowest BCUT2D eigenvalue weighted by atomic mass is 9.94. The third-order valence-electron chi connectivity index (χ3n) is 6.28. The van der Waals surface area contributed by atoms with Crippen LogP contribution < -0.4 is 9.44 Å². The van der Waals surface area contributed by atoms with Crippen LogP contribution in [0, 0.1) is 0 Å². The highest BCUT2D eigenvalue weighted by molar-refractivity contribution is 8.00. The van der Waals surface area contributed by atoms with Crippen LogP contribution in [0.15, 0.2) is 88.7 Å². The zero-order valence-corrected chi connectivity index (χ0v) is 21.2. The van der Waals surface area contributed by atoms with Gasteiger partial charge in [0.25, 0.3) is 10.0 Å². The number of rotatable bonds is 10. The number of nitrogens with zero attached hydrogens (tertiary/aromatic N) is 1. The molecule has 7 heteroatoms. The van der Waals surface area contributed by atoms with Crippen molar-refractivity contribution in [2.24, 2.45) is 0 Å². The Morgan fingerprint density at radius 2 is 1.53 bits per heavy atom. The highest BCUT2D eigenvalue weighted by atomic mass is 32.2. The van der Waals surface area contributed by atoms with E-state index in [0.717, 1.165) is 29.1 Å². The standard InChI is InChI=1S/C27H33N3O2S2/c1-30(25-11-5-2-6-12-25)18-17-22-19-23(28-33-26-13-7-3-8-14-26)21-24(20-22)29-34(31,32)27-15-9-4-10-16-27/h3-4,7-10,13-16,19-21,25,28-29H,2,5-6,11-12,17-18H2,1H3. The van der Waals surface area contributed by atoms with E-state index in [9.17, 15) is 8.42 Å². The molecular weight excluding hydrogens is 462 g/mol. The van der Waals surface area contributed by atoms with Crippen LogP contribution in [0.1, 0.15) is 37.7 Å². The zero-order valence-electron chi connectivity index (χ0n) is 19.6. The molecule has 0 radical (unpaired) electrons. The second-order valence-corrected chi connectivity index (χ2v) is 11.4. The summed E-state index contributed by atoms with van der Waals surface area (Å²) in [4.78, 5) is 3.81. The first-order chi connectivity index (χ1) is 16.5. The van der Waals surface area contributed by atoms with Gasteiger partial charge in [0.15, 0.2) is 0 Å². The Labute approximate surface area is 208 Å². The molecule has 3 aromatic rings. The fourth-order valence-electron chi connectivity index (χ4n) is 4.38. The summed E-state index contributed by atoms with van der Waals surface area (Å²) in [5, 5.41) is 0. The summed E-state index contributed by atoms with van der Waals surface area (Å²) in [5.41, 5.74) is 2.54. The van der Waals surface area contributed by atoms with Gasteiger partial charge in [-0.15, -0.1) is 0 Å². The molecule has 34 heavy (non-hydrogen) atoms. The van der Waals surface area contributed by atoms with Crippen LogP contribution in [0.25, 0.3) is 0 Å². The highest BCUT2D eigenvalue weighted by Crippen LogP contribution is 2.27. The molecule has 0 heterocycles. The van der Waals surface area contributed by atoms with Crippen LogP contribution in [0.3, 0.4) is 0 Å². The van der Waals surface area contributed by atoms with Crippen molar-refractivity contribution >= 4 is 33.3 Å². The molecular formula is C27H33N3O2S2. The summed E-state index contributed by atoms with van der Waals surface area (Å²) in [6, 6.07) is 25.1. The number of sulfonamides is 1. The Morgan fingerprint density at radius 3 is 2.24 bits per heavy atom. The quantitative estimate of drug-likeness (QED) is 0.318. The molecule has 3 aromatic carbocycles. The van der Waals surface area contributed by atoms with Crippen molar-refractivity contribution in [3.63, 3.8) is 0 Å². The van der Waals surface area contributed by atoms with E-state index in [0.29, 0.717) is 11.7 Å². The van der Waals surface area contributed by atoms with E-state index in [4.69, 9.17) is 0 Å². The van der Waals surface area contributed by atoms with E-state index in [1.165, 1.54) is 44.1 Å². The summed E-state index contributed by atoms with van der Waals surface area (Å²) >= 11 is 1.51. The van der Waals surface area contributed by atoms with Gasteiger partial charge in [-0.2, -0.15) is 0 Å². The van der Waals surface area contributed by atoms with Gasteiger partial charge in [-0.1, -0.05) is 55.7 Å². The average molecular weight is 496 g/mol. The predicted octanol–water partition coefficient (Wildman–Crippen LogP) is 6.41. The smallest absolute Gasteiger partial charge is 0.261 e. The molecule has 180 valence electrons. The fourth-order valence-corrected chi connectivity index (χ4v) is 6.09. The maximum absolute atomic E-state index is 12.9. The normalized spacial score (nSPS) is 14.8. The molecule has 4 rings (SSSR count). The highest BCUT2D eigenvalue weighted by Gasteiger charge is 2.18. The van der Waals surface area contributed by atoms with Gasteiger partial charge >= 0.3 is 0 Å². The number of likely N-dealkylation sites (N-methyl/N-ethyl adjacent to an activating group) is 1. The van der Waals surface area contributed by atoms with Gasteiger partial charge in [0.2, 0.25) is 0 Å². The molecule has 1 saturated carbocycles. The van der Waals surface area contributed by atoms with Gasteiger partial charge in [-0.25, -0.2) is 8.42 Å². The Kier molecular flexibility index (Phi) is 8.53. The minimum Gasteiger partial charge on any atom is -0.326 e. The average Bonchev–Trinajstić information content (AvgIpc) is 2.87. The number of hydrogen-bond donors (Lipinski definition) is 2. The molecule has 0 bridgehead atoms. The SMILES string of the molecule is CN(CCc1cc(NSc2ccccc2)cc(NS(=O)(=O)c2ccccc2)c1)C1CCCCC1. The largest absolute Gasteiger partial charge is 0.326 e. The molecule has 0 unspecified atom stereocenters. The summed E-state index contributed by atoms with van der Waals surface area (Å²) in [6.45, 7) is 0.949. The molecule has 0 spiro atoms. The van der Waals surface area contributed by atoms with Crippen LogP contribution in [0.2, 0.25) is 0 Å². The van der Waals surface area contributed by atoms with E-state index >= 15 is 0 Å². The minimum atomic E-state index is -3.66. The van der Waals surface area contributed by atoms with Crippen molar-refractivity contribution in [3.05, 3.63) is 84.4 Å². The van der Waals surface area contributed by atoms with Crippen LogP contribution in [0.4, 0.5) is 11.4 Å². The molecule has 0 aromatic heterocycles. The lowest BCUT2D eigenvalue weighted by Crippen LogP contribution is -2.34. The zero-order chi connectivity index (χ0) is 23.8. The third kappa shape index (κ3) is 7.01. The molecule has 0 amide bonds. The molecule has 0 saturated heterocycles. The van der Waals surface area contributed by atoms with Crippen LogP contribution in [-0.4, -0.2) is 33.0 Å². The summed E-state index contributed by atoms with van der Waals surface area (Å²) in [7, 11) is -1.45. The Hall–Kier alpha value is -2.48. The van der Waals surface area contributed by atoms with Crippen LogP contribution in [-0.2, 0) is 16.4 Å². The van der Waals surface area contributed by atoms with Crippen LogP contribution in [0.5, 0.6) is 0 Å². The fraction of sp³-hybridized carbons (Fsp3) is 0.333. The van der Waals surface area contributed by atoms with Crippen molar-refractivity contribution < 1.29 is 8.42 Å². The van der Waals surface area contributed by atoms with E-state index in [1.807, 2.05) is 48.5 Å². The maximum atomic E-state index is 12.9. The lowest BCUT2D eigenvalue weighted by Gasteiger charge is -2.31. The topological polar surface area (TPSA) is 61.4 Å². The first-order valence-electron chi connectivity index (χ1n) is 11.9. The number of nitrogens with one attached hydrogen (secondary N) is 2. The Morgan fingerprint density at radius 1 is 0.882 bits per heavy atom. The predicted molar refractivity (Wildman–Crippen MR) is 143 cm³/mol. The summed E-state index contributed by atoms with van der Waals surface area (Å²) in [6.07, 6.45) is 7.38. The van der Waals surface area contributed by atoms with Gasteiger partial charge in [0, 0.05) is 23.2 Å². The minimum absolute atomic E-state index is 0.255.